The molecule has 1 heterocycles. The highest BCUT2D eigenvalue weighted by Gasteiger charge is 2.23. The molecule has 1 saturated carbocycles. The van der Waals surface area contributed by atoms with Gasteiger partial charge in [-0.25, -0.2) is 17.9 Å². The molecule has 0 saturated heterocycles. The van der Waals surface area contributed by atoms with Crippen LogP contribution in [0.3, 0.4) is 0 Å². The van der Waals surface area contributed by atoms with Gasteiger partial charge in [0.25, 0.3) is 15.9 Å². The quantitative estimate of drug-likeness (QED) is 0.216. The van der Waals surface area contributed by atoms with E-state index in [1.165, 1.54) is 45.2 Å². The summed E-state index contributed by atoms with van der Waals surface area (Å²) < 4.78 is 41.7. The van der Waals surface area contributed by atoms with Crippen LogP contribution >= 0.6 is 0 Å². The lowest BCUT2D eigenvalue weighted by atomic mass is 10.0. The van der Waals surface area contributed by atoms with Crippen molar-refractivity contribution in [2.45, 2.75) is 62.6 Å². The van der Waals surface area contributed by atoms with Gasteiger partial charge in [0.1, 0.15) is 22.4 Å². The first-order valence-corrected chi connectivity index (χ1v) is 16.5. The standard InChI is InChI=1S/C35H37N3O7S/c1-35(2,41)18-17-23-9-5-8-12-32(23)46(42,43)37-33(39)25-14-13-24(31(20-25)44-4)19-26-22-38(3)30-16-15-27(21-29(26)30)36-34(40)45-28-10-6-7-11-28/h5,8-9,12-16,20-22,28,41H,6-7,10-11,19H2,1-4H3,(H,36,40)(H,37,39). The Morgan fingerprint density at radius 1 is 1.04 bits per heavy atom. The number of aromatic nitrogens is 1. The maximum atomic E-state index is 13.2. The van der Waals surface area contributed by atoms with Crippen LogP contribution in [0.1, 0.15) is 66.6 Å². The maximum Gasteiger partial charge on any atom is 0.411 e. The molecule has 4 aromatic rings. The van der Waals surface area contributed by atoms with Gasteiger partial charge in [0.15, 0.2) is 0 Å². The lowest BCUT2D eigenvalue weighted by Crippen LogP contribution is -2.31. The van der Waals surface area contributed by atoms with Crippen LogP contribution in [0.5, 0.6) is 5.75 Å². The number of carbonyl (C=O) groups excluding carboxylic acids is 2. The molecule has 10 nitrogen and oxygen atoms in total. The van der Waals surface area contributed by atoms with Crippen LogP contribution in [0.15, 0.2) is 71.8 Å². The first-order valence-electron chi connectivity index (χ1n) is 15.0. The Morgan fingerprint density at radius 2 is 1.78 bits per heavy atom. The fourth-order valence-electron chi connectivity index (χ4n) is 5.49. The number of hydrogen-bond donors (Lipinski definition) is 3. The lowest BCUT2D eigenvalue weighted by Gasteiger charge is -2.13. The molecule has 0 atom stereocenters. The normalized spacial score (nSPS) is 13.6. The van der Waals surface area contributed by atoms with Gasteiger partial charge in [-0.1, -0.05) is 30.0 Å². The fourth-order valence-corrected chi connectivity index (χ4v) is 6.63. The van der Waals surface area contributed by atoms with Crippen molar-refractivity contribution < 1.29 is 32.6 Å². The number of nitrogens with zero attached hydrogens (tertiary/aromatic N) is 1. The molecule has 0 spiro atoms. The molecule has 46 heavy (non-hydrogen) atoms. The van der Waals surface area contributed by atoms with Crippen molar-refractivity contribution in [2.75, 3.05) is 12.4 Å². The highest BCUT2D eigenvalue weighted by Crippen LogP contribution is 2.30. The Bertz CT molecular complexity index is 1960. The van der Waals surface area contributed by atoms with Crippen LogP contribution in [0.25, 0.3) is 10.9 Å². The van der Waals surface area contributed by atoms with Crippen LogP contribution < -0.4 is 14.8 Å². The monoisotopic (exact) mass is 643 g/mol. The number of rotatable bonds is 8. The minimum Gasteiger partial charge on any atom is -0.496 e. The smallest absolute Gasteiger partial charge is 0.411 e. The molecule has 1 aliphatic carbocycles. The second-order valence-corrected chi connectivity index (χ2v) is 13.5. The van der Waals surface area contributed by atoms with Gasteiger partial charge in [-0.3, -0.25) is 10.1 Å². The topological polar surface area (TPSA) is 136 Å². The Kier molecular flexibility index (Phi) is 9.42. The number of fused-ring (bicyclic) bond motifs is 1. The molecule has 240 valence electrons. The van der Waals surface area contributed by atoms with Crippen molar-refractivity contribution in [2.24, 2.45) is 7.05 Å². The second-order valence-electron chi connectivity index (χ2n) is 11.9. The SMILES string of the molecule is COc1cc(C(=O)NS(=O)(=O)c2ccccc2C#CC(C)(C)O)ccc1Cc1cn(C)c2ccc(NC(=O)OC3CCCC3)cc12. The molecular weight excluding hydrogens is 606 g/mol. The van der Waals surface area contributed by atoms with Gasteiger partial charge in [0, 0.05) is 47.4 Å². The third kappa shape index (κ3) is 7.70. The number of nitrogens with one attached hydrogen (secondary N) is 2. The summed E-state index contributed by atoms with van der Waals surface area (Å²) in [6.45, 7) is 2.97. The van der Waals surface area contributed by atoms with Crippen LogP contribution in [0.2, 0.25) is 0 Å². The van der Waals surface area contributed by atoms with E-state index < -0.39 is 27.6 Å². The van der Waals surface area contributed by atoms with Gasteiger partial charge >= 0.3 is 6.09 Å². The van der Waals surface area contributed by atoms with Crippen molar-refractivity contribution >= 4 is 38.6 Å². The average Bonchev–Trinajstić information content (AvgIpc) is 3.62. The number of benzene rings is 3. The van der Waals surface area contributed by atoms with Crippen LogP contribution in [-0.2, 0) is 28.2 Å². The van der Waals surface area contributed by atoms with E-state index in [0.717, 1.165) is 47.7 Å². The first-order chi connectivity index (χ1) is 21.8. The third-order valence-corrected chi connectivity index (χ3v) is 9.12. The molecular formula is C35H37N3O7S. The van der Waals surface area contributed by atoms with Crippen molar-refractivity contribution in [3.63, 3.8) is 0 Å². The number of methoxy groups -OCH3 is 1. The number of amides is 2. The highest BCUT2D eigenvalue weighted by molar-refractivity contribution is 7.90. The van der Waals surface area contributed by atoms with Crippen molar-refractivity contribution in [3.8, 4) is 17.6 Å². The minimum atomic E-state index is -4.29. The average molecular weight is 644 g/mol. The second kappa shape index (κ2) is 13.3. The summed E-state index contributed by atoms with van der Waals surface area (Å²) in [6, 6.07) is 16.4. The molecule has 2 amide bonds. The number of aryl methyl sites for hydroxylation is 1. The van der Waals surface area contributed by atoms with E-state index >= 15 is 0 Å². The van der Waals surface area contributed by atoms with Gasteiger partial charge in [0.05, 0.1) is 7.11 Å². The van der Waals surface area contributed by atoms with E-state index in [0.29, 0.717) is 17.9 Å². The Labute approximate surface area is 268 Å². The first kappa shape index (κ1) is 32.6. The molecule has 1 aromatic heterocycles. The number of ether oxygens (including phenoxy) is 2. The van der Waals surface area contributed by atoms with E-state index in [1.54, 1.807) is 18.2 Å². The molecule has 5 rings (SSSR count). The summed E-state index contributed by atoms with van der Waals surface area (Å²) >= 11 is 0. The maximum absolute atomic E-state index is 13.2. The van der Waals surface area contributed by atoms with Gasteiger partial charge in [0.2, 0.25) is 0 Å². The summed E-state index contributed by atoms with van der Waals surface area (Å²) in [6.07, 6.45) is 5.86. The summed E-state index contributed by atoms with van der Waals surface area (Å²) in [5.74, 6) is 4.86. The fraction of sp³-hybridized carbons (Fsp3) is 0.314. The van der Waals surface area contributed by atoms with E-state index in [-0.39, 0.29) is 22.1 Å². The largest absolute Gasteiger partial charge is 0.496 e. The Morgan fingerprint density at radius 3 is 2.50 bits per heavy atom. The summed E-state index contributed by atoms with van der Waals surface area (Å²) in [4.78, 5) is 25.4. The van der Waals surface area contributed by atoms with Crippen molar-refractivity contribution in [1.82, 2.24) is 9.29 Å². The van der Waals surface area contributed by atoms with Gasteiger partial charge in [-0.05, 0) is 93.1 Å². The number of aliphatic hydroxyl groups is 1. The molecule has 0 bridgehead atoms. The molecule has 0 unspecified atom stereocenters. The molecule has 3 aromatic carbocycles. The molecule has 0 radical (unpaired) electrons. The predicted octanol–water partition coefficient (Wildman–Crippen LogP) is 5.51. The molecule has 3 N–H and O–H groups in total. The van der Waals surface area contributed by atoms with Crippen molar-refractivity contribution in [1.29, 1.82) is 0 Å². The van der Waals surface area contributed by atoms with Gasteiger partial charge in [-0.15, -0.1) is 0 Å². The zero-order valence-corrected chi connectivity index (χ0v) is 27.0. The van der Waals surface area contributed by atoms with Crippen molar-refractivity contribution in [3.05, 3.63) is 89.1 Å². The number of anilines is 1. The molecule has 0 aliphatic heterocycles. The molecule has 1 fully saturated rings. The number of carbonyl (C=O) groups is 2. The Balaban J connectivity index is 1.35. The minimum absolute atomic E-state index is 0.0386. The third-order valence-electron chi connectivity index (χ3n) is 7.73. The summed E-state index contributed by atoms with van der Waals surface area (Å²) in [7, 11) is -0.872. The zero-order chi connectivity index (χ0) is 33.1. The van der Waals surface area contributed by atoms with E-state index in [4.69, 9.17) is 9.47 Å². The molecule has 1 aliphatic rings. The van der Waals surface area contributed by atoms with E-state index in [9.17, 15) is 23.1 Å². The van der Waals surface area contributed by atoms with Gasteiger partial charge in [-0.2, -0.15) is 0 Å². The highest BCUT2D eigenvalue weighted by atomic mass is 32.2. The molecule has 11 heteroatoms. The van der Waals surface area contributed by atoms with Crippen LogP contribution in [0.4, 0.5) is 10.5 Å². The summed E-state index contributed by atoms with van der Waals surface area (Å²) in [5, 5.41) is 13.7. The number of sulfonamides is 1. The Hall–Kier alpha value is -4.79. The van der Waals surface area contributed by atoms with E-state index in [1.807, 2.05) is 36.0 Å². The number of hydrogen-bond acceptors (Lipinski definition) is 7. The summed E-state index contributed by atoms with van der Waals surface area (Å²) in [5.41, 5.74) is 2.25. The van der Waals surface area contributed by atoms with E-state index in [2.05, 4.69) is 21.9 Å². The zero-order valence-electron chi connectivity index (χ0n) is 26.2. The lowest BCUT2D eigenvalue weighted by molar-refractivity contribution is 0.0980. The van der Waals surface area contributed by atoms with Crippen LogP contribution in [0, 0.1) is 11.8 Å². The van der Waals surface area contributed by atoms with Crippen LogP contribution in [-0.4, -0.2) is 48.9 Å². The van der Waals surface area contributed by atoms with Gasteiger partial charge < -0.3 is 19.1 Å². The predicted molar refractivity (Wildman–Crippen MR) is 175 cm³/mol.